The summed E-state index contributed by atoms with van der Waals surface area (Å²) in [5.74, 6) is -0.0852. The number of esters is 1. The Balaban J connectivity index is 1.97. The van der Waals surface area contributed by atoms with Crippen LogP contribution in [-0.4, -0.2) is 11.0 Å². The number of unbranched alkanes of at least 4 members (excludes halogenated alkanes) is 30. The van der Waals surface area contributed by atoms with Crippen LogP contribution in [0.2, 0.25) is 0 Å². The Kier molecular flexibility index (Phi) is 28.5. The minimum atomic E-state index is -0.140. The highest BCUT2D eigenvalue weighted by molar-refractivity contribution is 7.80. The van der Waals surface area contributed by atoms with Gasteiger partial charge in [0.25, 0.3) is 0 Å². The van der Waals surface area contributed by atoms with Crippen molar-refractivity contribution in [3.63, 3.8) is 0 Å². The quantitative estimate of drug-likeness (QED) is 0.0407. The summed E-state index contributed by atoms with van der Waals surface area (Å²) in [5, 5.41) is 0.611. The first-order chi connectivity index (χ1) is 21.1. The van der Waals surface area contributed by atoms with Crippen molar-refractivity contribution in [2.75, 3.05) is 0 Å². The average Bonchev–Trinajstić information content (AvgIpc) is 3.28. The third kappa shape index (κ3) is 23.5. The summed E-state index contributed by atoms with van der Waals surface area (Å²) < 4.78 is 5.43. The van der Waals surface area contributed by atoms with Gasteiger partial charge in [-0.1, -0.05) is 219 Å². The van der Waals surface area contributed by atoms with Crippen molar-refractivity contribution in [2.24, 2.45) is 5.41 Å². The van der Waals surface area contributed by atoms with Crippen molar-refractivity contribution < 1.29 is 9.53 Å². The van der Waals surface area contributed by atoms with Crippen LogP contribution in [0.1, 0.15) is 239 Å². The molecule has 0 N–H and O–H groups in total. The van der Waals surface area contributed by atoms with Gasteiger partial charge in [0, 0.05) is 5.41 Å². The van der Waals surface area contributed by atoms with Crippen LogP contribution in [0.3, 0.4) is 0 Å². The normalized spacial score (nSPS) is 14.6. The molecule has 1 rings (SSSR count). The molecule has 1 aliphatic rings. The fourth-order valence-corrected chi connectivity index (χ4v) is 7.49. The second-order valence-electron chi connectivity index (χ2n) is 14.3. The molecule has 0 aromatic rings. The van der Waals surface area contributed by atoms with Crippen LogP contribution >= 0.6 is 12.2 Å². The van der Waals surface area contributed by atoms with E-state index in [1.54, 1.807) is 0 Å². The maximum atomic E-state index is 12.1. The summed E-state index contributed by atoms with van der Waals surface area (Å²) in [4.78, 5) is 12.1. The number of thiocarbonyl (C=S) groups is 1. The lowest BCUT2D eigenvalue weighted by atomic mass is 9.77. The fraction of sp³-hybridized carbons (Fsp3) is 0.950. The smallest absolute Gasteiger partial charge is 0.312 e. The number of cyclic esters (lactones) is 1. The zero-order chi connectivity index (χ0) is 31.1. The summed E-state index contributed by atoms with van der Waals surface area (Å²) >= 11 is 5.61. The van der Waals surface area contributed by atoms with E-state index >= 15 is 0 Å². The van der Waals surface area contributed by atoms with Crippen LogP contribution in [0.4, 0.5) is 0 Å². The molecule has 0 amide bonds. The second-order valence-corrected chi connectivity index (χ2v) is 14.7. The lowest BCUT2D eigenvalue weighted by molar-refractivity contribution is -0.133. The van der Waals surface area contributed by atoms with Crippen LogP contribution in [0.5, 0.6) is 0 Å². The van der Waals surface area contributed by atoms with Crippen molar-refractivity contribution in [1.82, 2.24) is 0 Å². The van der Waals surface area contributed by atoms with Crippen molar-refractivity contribution in [3.05, 3.63) is 0 Å². The van der Waals surface area contributed by atoms with E-state index in [0.717, 1.165) is 12.8 Å². The zero-order valence-electron chi connectivity index (χ0n) is 29.5. The molecule has 43 heavy (non-hydrogen) atoms. The Morgan fingerprint density at radius 3 is 0.884 bits per heavy atom. The molecular weight excluding hydrogens is 545 g/mol. The van der Waals surface area contributed by atoms with Gasteiger partial charge in [-0.25, -0.2) is 0 Å². The summed E-state index contributed by atoms with van der Waals surface area (Å²) in [6.45, 7) is 4.59. The number of carbonyl (C=O) groups is 1. The van der Waals surface area contributed by atoms with Crippen LogP contribution in [-0.2, 0) is 9.53 Å². The predicted octanol–water partition coefficient (Wildman–Crippen LogP) is 14.6. The minimum absolute atomic E-state index is 0.0852. The van der Waals surface area contributed by atoms with E-state index in [0.29, 0.717) is 11.5 Å². The van der Waals surface area contributed by atoms with Gasteiger partial charge in [0.05, 0.1) is 6.42 Å². The summed E-state index contributed by atoms with van der Waals surface area (Å²) in [7, 11) is 0. The topological polar surface area (TPSA) is 26.3 Å². The number of rotatable bonds is 34. The molecule has 0 aliphatic carbocycles. The molecule has 1 heterocycles. The predicted molar refractivity (Wildman–Crippen MR) is 194 cm³/mol. The molecule has 0 atom stereocenters. The van der Waals surface area contributed by atoms with Crippen LogP contribution in [0.15, 0.2) is 0 Å². The van der Waals surface area contributed by atoms with Gasteiger partial charge in [0.1, 0.15) is 0 Å². The lowest BCUT2D eigenvalue weighted by Gasteiger charge is -2.26. The van der Waals surface area contributed by atoms with Crippen molar-refractivity contribution >= 4 is 23.2 Å². The number of hydrogen-bond donors (Lipinski definition) is 0. The van der Waals surface area contributed by atoms with E-state index in [1.807, 2.05) is 0 Å². The summed E-state index contributed by atoms with van der Waals surface area (Å²) in [6.07, 6.45) is 47.1. The Morgan fingerprint density at radius 1 is 0.442 bits per heavy atom. The van der Waals surface area contributed by atoms with E-state index in [1.165, 1.54) is 205 Å². The molecule has 0 radical (unpaired) electrons. The Bertz CT molecular complexity index is 594. The minimum Gasteiger partial charge on any atom is -0.419 e. The molecule has 1 aliphatic heterocycles. The molecule has 0 bridgehead atoms. The van der Waals surface area contributed by atoms with Crippen molar-refractivity contribution in [3.8, 4) is 0 Å². The maximum absolute atomic E-state index is 12.1. The molecule has 0 aromatic carbocycles. The lowest BCUT2D eigenvalue weighted by Crippen LogP contribution is -2.25. The largest absolute Gasteiger partial charge is 0.419 e. The highest BCUT2D eigenvalue weighted by Crippen LogP contribution is 2.42. The molecular formula is C40H76O2S. The van der Waals surface area contributed by atoms with E-state index in [2.05, 4.69) is 13.8 Å². The van der Waals surface area contributed by atoms with Gasteiger partial charge >= 0.3 is 5.97 Å². The van der Waals surface area contributed by atoms with Crippen molar-refractivity contribution in [1.29, 1.82) is 0 Å². The Labute approximate surface area is 276 Å². The molecule has 2 nitrogen and oxygen atoms in total. The first-order valence-electron chi connectivity index (χ1n) is 19.9. The van der Waals surface area contributed by atoms with Gasteiger partial charge in [0.2, 0.25) is 0 Å². The SMILES string of the molecule is CCCCCCCCCCCCCCCCCCC1(CCCCCCCCCCCCCCCCCC)CC(=O)OC1=S. The molecule has 1 fully saturated rings. The third-order valence-electron chi connectivity index (χ3n) is 10.1. The molecule has 0 spiro atoms. The van der Waals surface area contributed by atoms with Crippen LogP contribution in [0.25, 0.3) is 0 Å². The van der Waals surface area contributed by atoms with E-state index in [-0.39, 0.29) is 11.4 Å². The Hall–Kier alpha value is -0.440. The number of hydrogen-bond acceptors (Lipinski definition) is 3. The van der Waals surface area contributed by atoms with Gasteiger partial charge in [-0.3, -0.25) is 4.79 Å². The van der Waals surface area contributed by atoms with E-state index in [9.17, 15) is 4.79 Å². The third-order valence-corrected chi connectivity index (χ3v) is 10.7. The molecule has 1 saturated heterocycles. The summed E-state index contributed by atoms with van der Waals surface area (Å²) in [6, 6.07) is 0. The first kappa shape index (κ1) is 40.6. The number of ether oxygens (including phenoxy) is 1. The summed E-state index contributed by atoms with van der Waals surface area (Å²) in [5.41, 5.74) is -0.140. The fourth-order valence-electron chi connectivity index (χ4n) is 7.13. The monoisotopic (exact) mass is 621 g/mol. The van der Waals surface area contributed by atoms with E-state index in [4.69, 9.17) is 17.0 Å². The highest BCUT2D eigenvalue weighted by atomic mass is 32.1. The van der Waals surface area contributed by atoms with Gasteiger partial charge in [-0.05, 0) is 25.1 Å². The Morgan fingerprint density at radius 2 is 0.674 bits per heavy atom. The van der Waals surface area contributed by atoms with Crippen LogP contribution in [0, 0.1) is 5.41 Å². The first-order valence-corrected chi connectivity index (χ1v) is 20.3. The molecule has 0 saturated carbocycles. The molecule has 0 unspecified atom stereocenters. The van der Waals surface area contributed by atoms with Gasteiger partial charge < -0.3 is 4.74 Å². The maximum Gasteiger partial charge on any atom is 0.312 e. The second kappa shape index (κ2) is 30.2. The van der Waals surface area contributed by atoms with E-state index < -0.39 is 0 Å². The zero-order valence-corrected chi connectivity index (χ0v) is 30.3. The molecule has 254 valence electrons. The van der Waals surface area contributed by atoms with Crippen molar-refractivity contribution in [2.45, 2.75) is 239 Å². The standard InChI is InChI=1S/C40H76O2S/c1-3-5-7-9-11-13-15-17-19-21-23-25-27-29-31-33-35-40(37-38(41)42-39(40)43)36-34-32-30-28-26-24-22-20-18-16-14-12-10-8-6-4-2/h3-37H2,1-2H3. The number of carbonyl (C=O) groups excluding carboxylic acids is 1. The average molecular weight is 621 g/mol. The molecule has 3 heteroatoms. The molecule has 0 aromatic heterocycles. The highest BCUT2D eigenvalue weighted by Gasteiger charge is 2.44. The van der Waals surface area contributed by atoms with Gasteiger partial charge in [-0.15, -0.1) is 0 Å². The van der Waals surface area contributed by atoms with Crippen LogP contribution < -0.4 is 0 Å². The van der Waals surface area contributed by atoms with Gasteiger partial charge in [0.15, 0.2) is 5.05 Å². The van der Waals surface area contributed by atoms with Gasteiger partial charge in [-0.2, -0.15) is 0 Å².